The first-order chi connectivity index (χ1) is 12.3. The first-order valence-electron chi connectivity index (χ1n) is 8.48. The smallest absolute Gasteiger partial charge is 0.307 e. The van der Waals surface area contributed by atoms with Crippen molar-refractivity contribution in [3.8, 4) is 11.5 Å². The van der Waals surface area contributed by atoms with Gasteiger partial charge in [-0.05, 0) is 38.0 Å². The van der Waals surface area contributed by atoms with Crippen molar-refractivity contribution in [1.29, 1.82) is 0 Å². The number of rotatable bonds is 10. The fourth-order valence-corrected chi connectivity index (χ4v) is 2.58. The molecule has 7 nitrogen and oxygen atoms in total. The molecule has 0 spiro atoms. The van der Waals surface area contributed by atoms with Crippen LogP contribution >= 0.6 is 0 Å². The molecule has 0 aromatic heterocycles. The highest BCUT2D eigenvalue weighted by molar-refractivity contribution is 5.78. The zero-order valence-electron chi connectivity index (χ0n) is 16.2. The number of aryl methyl sites for hydroxylation is 1. The summed E-state index contributed by atoms with van der Waals surface area (Å²) >= 11 is 0. The van der Waals surface area contributed by atoms with E-state index in [9.17, 15) is 14.7 Å². The molecule has 0 saturated carbocycles. The number of aliphatic hydroxyl groups excluding tert-OH is 1. The van der Waals surface area contributed by atoms with Gasteiger partial charge in [-0.2, -0.15) is 0 Å². The molecule has 1 aromatic carbocycles. The molecule has 0 radical (unpaired) electrons. The minimum absolute atomic E-state index is 0.0853. The number of hydrogen-bond donors (Lipinski definition) is 1. The minimum atomic E-state index is -0.761. The predicted molar refractivity (Wildman–Crippen MR) is 97.4 cm³/mol. The Morgan fingerprint density at radius 1 is 1.08 bits per heavy atom. The maximum Gasteiger partial charge on any atom is 0.307 e. The van der Waals surface area contributed by atoms with Gasteiger partial charge in [-0.3, -0.25) is 9.59 Å². The topological polar surface area (TPSA) is 85.3 Å². The molecule has 7 heteroatoms. The van der Waals surface area contributed by atoms with Crippen LogP contribution in [0.5, 0.6) is 11.5 Å². The summed E-state index contributed by atoms with van der Waals surface area (Å²) in [6.45, 7) is 3.53. The van der Waals surface area contributed by atoms with Gasteiger partial charge in [0.1, 0.15) is 0 Å². The van der Waals surface area contributed by atoms with E-state index >= 15 is 0 Å². The molecule has 0 saturated heterocycles. The largest absolute Gasteiger partial charge is 0.493 e. The molecule has 0 aliphatic rings. The summed E-state index contributed by atoms with van der Waals surface area (Å²) in [5, 5.41) is 9.61. The molecule has 1 rings (SSSR count). The number of ether oxygens (including phenoxy) is 3. The predicted octanol–water partition coefficient (Wildman–Crippen LogP) is 1.80. The van der Waals surface area contributed by atoms with E-state index in [0.29, 0.717) is 17.9 Å². The van der Waals surface area contributed by atoms with Crippen LogP contribution in [-0.2, 0) is 20.7 Å². The van der Waals surface area contributed by atoms with Gasteiger partial charge in [0.25, 0.3) is 0 Å². The van der Waals surface area contributed by atoms with Crippen molar-refractivity contribution in [1.82, 2.24) is 4.90 Å². The lowest BCUT2D eigenvalue weighted by atomic mass is 10.0. The maximum atomic E-state index is 12.7. The van der Waals surface area contributed by atoms with Crippen LogP contribution in [0.1, 0.15) is 32.3 Å². The average molecular weight is 367 g/mol. The highest BCUT2D eigenvalue weighted by Crippen LogP contribution is 2.28. The van der Waals surface area contributed by atoms with Gasteiger partial charge in [0.05, 0.1) is 39.9 Å². The van der Waals surface area contributed by atoms with Crippen LogP contribution in [0.3, 0.4) is 0 Å². The van der Waals surface area contributed by atoms with Crippen LogP contribution < -0.4 is 9.47 Å². The van der Waals surface area contributed by atoms with E-state index in [-0.39, 0.29) is 31.9 Å². The lowest BCUT2D eigenvalue weighted by Gasteiger charge is -2.37. The van der Waals surface area contributed by atoms with Crippen molar-refractivity contribution < 1.29 is 28.9 Å². The minimum Gasteiger partial charge on any atom is -0.493 e. The van der Waals surface area contributed by atoms with Crippen LogP contribution in [0.25, 0.3) is 0 Å². The SMILES string of the molecule is COC(=O)CCN(C(=O)CCc1ccc(OC)c(OC)c1)C(C)(C)CO. The van der Waals surface area contributed by atoms with Gasteiger partial charge in [0.15, 0.2) is 11.5 Å². The molecule has 0 fully saturated rings. The van der Waals surface area contributed by atoms with E-state index in [1.54, 1.807) is 34.1 Å². The normalized spacial score (nSPS) is 11.0. The summed E-state index contributed by atoms with van der Waals surface area (Å²) in [5.41, 5.74) is 0.175. The lowest BCUT2D eigenvalue weighted by Crippen LogP contribution is -2.51. The van der Waals surface area contributed by atoms with E-state index in [0.717, 1.165) is 5.56 Å². The molecule has 0 aliphatic carbocycles. The van der Waals surface area contributed by atoms with Gasteiger partial charge in [-0.15, -0.1) is 0 Å². The van der Waals surface area contributed by atoms with Gasteiger partial charge in [0, 0.05) is 13.0 Å². The van der Waals surface area contributed by atoms with Crippen molar-refractivity contribution in [2.45, 2.75) is 38.6 Å². The Morgan fingerprint density at radius 2 is 1.73 bits per heavy atom. The van der Waals surface area contributed by atoms with Gasteiger partial charge in [-0.1, -0.05) is 6.07 Å². The van der Waals surface area contributed by atoms with Crippen LogP contribution in [0.4, 0.5) is 0 Å². The van der Waals surface area contributed by atoms with E-state index < -0.39 is 11.5 Å². The number of methoxy groups -OCH3 is 3. The number of aliphatic hydroxyl groups is 1. The van der Waals surface area contributed by atoms with E-state index in [1.807, 2.05) is 12.1 Å². The highest BCUT2D eigenvalue weighted by Gasteiger charge is 2.30. The Hall–Kier alpha value is -2.28. The number of benzene rings is 1. The molecule has 26 heavy (non-hydrogen) atoms. The second-order valence-electron chi connectivity index (χ2n) is 6.53. The summed E-state index contributed by atoms with van der Waals surface area (Å²) < 4.78 is 15.1. The average Bonchev–Trinajstić information content (AvgIpc) is 2.65. The summed E-state index contributed by atoms with van der Waals surface area (Å²) in [6.07, 6.45) is 0.845. The zero-order valence-corrected chi connectivity index (χ0v) is 16.2. The number of amides is 1. The van der Waals surface area contributed by atoms with Gasteiger partial charge in [0.2, 0.25) is 5.91 Å². The first kappa shape index (κ1) is 21.8. The molecule has 1 amide bonds. The van der Waals surface area contributed by atoms with Crippen molar-refractivity contribution in [3.63, 3.8) is 0 Å². The number of nitrogens with zero attached hydrogens (tertiary/aromatic N) is 1. The quantitative estimate of drug-likeness (QED) is 0.635. The Balaban J connectivity index is 2.81. The van der Waals surface area contributed by atoms with E-state index in [2.05, 4.69) is 4.74 Å². The Kier molecular flexibility index (Phi) is 8.38. The summed E-state index contributed by atoms with van der Waals surface area (Å²) in [5.74, 6) is 0.707. The number of carbonyl (C=O) groups excluding carboxylic acids is 2. The monoisotopic (exact) mass is 367 g/mol. The molecule has 0 unspecified atom stereocenters. The van der Waals surface area contributed by atoms with Crippen LogP contribution in [-0.4, -0.2) is 61.9 Å². The summed E-state index contributed by atoms with van der Waals surface area (Å²) in [6, 6.07) is 5.51. The Bertz CT molecular complexity index is 614. The summed E-state index contributed by atoms with van der Waals surface area (Å²) in [4.78, 5) is 25.7. The zero-order chi connectivity index (χ0) is 19.7. The van der Waals surface area contributed by atoms with Crippen molar-refractivity contribution in [2.75, 3.05) is 34.5 Å². The summed E-state index contributed by atoms with van der Waals surface area (Å²) in [7, 11) is 4.44. The Labute approximate surface area is 154 Å². The van der Waals surface area contributed by atoms with Gasteiger partial charge < -0.3 is 24.2 Å². The third kappa shape index (κ3) is 5.91. The number of carbonyl (C=O) groups is 2. The second kappa shape index (κ2) is 10.0. The maximum absolute atomic E-state index is 12.7. The van der Waals surface area contributed by atoms with E-state index in [1.165, 1.54) is 12.0 Å². The van der Waals surface area contributed by atoms with Crippen molar-refractivity contribution >= 4 is 11.9 Å². The van der Waals surface area contributed by atoms with Crippen LogP contribution in [0.2, 0.25) is 0 Å². The lowest BCUT2D eigenvalue weighted by molar-refractivity contribution is -0.144. The third-order valence-electron chi connectivity index (χ3n) is 4.26. The molecule has 0 heterocycles. The van der Waals surface area contributed by atoms with Gasteiger partial charge >= 0.3 is 5.97 Å². The molecular formula is C19H29NO6. The Morgan fingerprint density at radius 3 is 2.27 bits per heavy atom. The molecule has 0 bridgehead atoms. The molecule has 0 atom stereocenters. The number of hydrogen-bond acceptors (Lipinski definition) is 6. The third-order valence-corrected chi connectivity index (χ3v) is 4.26. The fraction of sp³-hybridized carbons (Fsp3) is 0.579. The van der Waals surface area contributed by atoms with Gasteiger partial charge in [-0.25, -0.2) is 0 Å². The van der Waals surface area contributed by atoms with Crippen LogP contribution in [0, 0.1) is 0 Å². The molecule has 1 aromatic rings. The highest BCUT2D eigenvalue weighted by atomic mass is 16.5. The van der Waals surface area contributed by atoms with Crippen LogP contribution in [0.15, 0.2) is 18.2 Å². The molecule has 0 aliphatic heterocycles. The van der Waals surface area contributed by atoms with E-state index in [4.69, 9.17) is 9.47 Å². The van der Waals surface area contributed by atoms with Crippen molar-refractivity contribution in [3.05, 3.63) is 23.8 Å². The molecule has 1 N–H and O–H groups in total. The molecule has 146 valence electrons. The van der Waals surface area contributed by atoms with Crippen molar-refractivity contribution in [2.24, 2.45) is 0 Å². The fourth-order valence-electron chi connectivity index (χ4n) is 2.58. The molecular weight excluding hydrogens is 338 g/mol. The first-order valence-corrected chi connectivity index (χ1v) is 8.48. The standard InChI is InChI=1S/C19H29NO6/c1-19(2,13-21)20(11-10-18(23)26-5)17(22)9-7-14-6-8-15(24-3)16(12-14)25-4/h6,8,12,21H,7,9-11,13H2,1-5H3. The second-order valence-corrected chi connectivity index (χ2v) is 6.53. The number of esters is 1.